The summed E-state index contributed by atoms with van der Waals surface area (Å²) in [6.45, 7) is 0.161. The summed E-state index contributed by atoms with van der Waals surface area (Å²) in [5, 5.41) is 0. The highest BCUT2D eigenvalue weighted by atomic mass is 32.2. The van der Waals surface area contributed by atoms with Gasteiger partial charge in [0.05, 0.1) is 4.90 Å². The second-order valence-corrected chi connectivity index (χ2v) is 6.68. The highest BCUT2D eigenvalue weighted by Crippen LogP contribution is 2.12. The van der Waals surface area contributed by atoms with Gasteiger partial charge in [-0.05, 0) is 35.9 Å². The topological polar surface area (TPSA) is 79.4 Å². The largest absolute Gasteiger partial charge is 0.345 e. The zero-order valence-electron chi connectivity index (χ0n) is 12.4. The van der Waals surface area contributed by atoms with Crippen molar-refractivity contribution in [3.8, 4) is 0 Å². The Labute approximate surface area is 129 Å². The lowest BCUT2D eigenvalue weighted by molar-refractivity contribution is 0.0827. The van der Waals surface area contributed by atoms with Gasteiger partial charge in [0, 0.05) is 38.6 Å². The van der Waals surface area contributed by atoms with Crippen molar-refractivity contribution in [1.82, 2.24) is 14.6 Å². The number of hydrogen-bond donors (Lipinski definition) is 1. The monoisotopic (exact) mass is 319 g/mol. The number of amides is 1. The molecule has 6 nitrogen and oxygen atoms in total. The zero-order chi connectivity index (χ0) is 16.2. The minimum atomic E-state index is -3.62. The fourth-order valence-electron chi connectivity index (χ4n) is 1.80. The number of sulfonamides is 1. The van der Waals surface area contributed by atoms with Gasteiger partial charge in [-0.1, -0.05) is 6.07 Å². The van der Waals surface area contributed by atoms with Crippen LogP contribution in [0.3, 0.4) is 0 Å². The Hall–Kier alpha value is -2.25. The van der Waals surface area contributed by atoms with Crippen molar-refractivity contribution in [3.63, 3.8) is 0 Å². The SMILES string of the molecule is CN(C)C(=O)c1ccc(S(=O)(=O)NCc2cccnc2)cc1. The molecular formula is C15H17N3O3S. The van der Waals surface area contributed by atoms with Crippen LogP contribution in [0.15, 0.2) is 53.7 Å². The van der Waals surface area contributed by atoms with Crippen LogP contribution in [0.4, 0.5) is 0 Å². The van der Waals surface area contributed by atoms with Gasteiger partial charge in [-0.3, -0.25) is 9.78 Å². The van der Waals surface area contributed by atoms with E-state index in [1.54, 1.807) is 38.6 Å². The quantitative estimate of drug-likeness (QED) is 0.900. The van der Waals surface area contributed by atoms with Crippen LogP contribution in [0.1, 0.15) is 15.9 Å². The molecule has 0 atom stereocenters. The molecule has 116 valence electrons. The van der Waals surface area contributed by atoms with Gasteiger partial charge in [0.15, 0.2) is 0 Å². The third-order valence-corrected chi connectivity index (χ3v) is 4.42. The van der Waals surface area contributed by atoms with Crippen LogP contribution in [-0.2, 0) is 16.6 Å². The van der Waals surface area contributed by atoms with Gasteiger partial charge in [-0.25, -0.2) is 13.1 Å². The maximum Gasteiger partial charge on any atom is 0.253 e. The summed E-state index contributed by atoms with van der Waals surface area (Å²) in [5.41, 5.74) is 1.21. The molecule has 0 saturated carbocycles. The van der Waals surface area contributed by atoms with Gasteiger partial charge in [-0.15, -0.1) is 0 Å². The number of aromatic nitrogens is 1. The lowest BCUT2D eigenvalue weighted by Crippen LogP contribution is -2.24. The Morgan fingerprint density at radius 1 is 1.18 bits per heavy atom. The van der Waals surface area contributed by atoms with Gasteiger partial charge in [0.25, 0.3) is 5.91 Å². The maximum atomic E-state index is 12.2. The van der Waals surface area contributed by atoms with E-state index in [-0.39, 0.29) is 17.3 Å². The Kier molecular flexibility index (Phi) is 4.89. The number of carbonyl (C=O) groups excluding carboxylic acids is 1. The van der Waals surface area contributed by atoms with Gasteiger partial charge >= 0.3 is 0 Å². The first-order valence-corrected chi connectivity index (χ1v) is 8.09. The molecule has 2 rings (SSSR count). The summed E-state index contributed by atoms with van der Waals surface area (Å²) in [4.78, 5) is 17.3. The fraction of sp³-hybridized carbons (Fsp3) is 0.200. The average Bonchev–Trinajstić information content (AvgIpc) is 2.53. The van der Waals surface area contributed by atoms with E-state index in [2.05, 4.69) is 9.71 Å². The van der Waals surface area contributed by atoms with Crippen molar-refractivity contribution in [3.05, 3.63) is 59.9 Å². The van der Waals surface area contributed by atoms with Crippen LogP contribution >= 0.6 is 0 Å². The molecule has 1 N–H and O–H groups in total. The number of nitrogens with zero attached hydrogens (tertiary/aromatic N) is 2. The molecule has 0 radical (unpaired) electrons. The van der Waals surface area contributed by atoms with E-state index < -0.39 is 10.0 Å². The Balaban J connectivity index is 2.11. The van der Waals surface area contributed by atoms with E-state index in [9.17, 15) is 13.2 Å². The first kappa shape index (κ1) is 16.1. The lowest BCUT2D eigenvalue weighted by atomic mass is 10.2. The Bertz CT molecular complexity index is 741. The van der Waals surface area contributed by atoms with Crippen molar-refractivity contribution in [2.45, 2.75) is 11.4 Å². The summed E-state index contributed by atoms with van der Waals surface area (Å²) in [6.07, 6.45) is 3.22. The first-order chi connectivity index (χ1) is 10.4. The van der Waals surface area contributed by atoms with Crippen LogP contribution in [-0.4, -0.2) is 38.3 Å². The van der Waals surface area contributed by atoms with Crippen LogP contribution in [0.25, 0.3) is 0 Å². The molecule has 2 aromatic rings. The molecule has 7 heteroatoms. The number of benzene rings is 1. The molecule has 1 heterocycles. The molecule has 1 amide bonds. The minimum absolute atomic E-state index is 0.117. The van der Waals surface area contributed by atoms with Gasteiger partial charge in [0.1, 0.15) is 0 Å². The summed E-state index contributed by atoms with van der Waals surface area (Å²) >= 11 is 0. The Morgan fingerprint density at radius 3 is 2.41 bits per heavy atom. The molecular weight excluding hydrogens is 302 g/mol. The maximum absolute atomic E-state index is 12.2. The molecule has 1 aromatic carbocycles. The average molecular weight is 319 g/mol. The molecule has 0 saturated heterocycles. The van der Waals surface area contributed by atoms with Crippen molar-refractivity contribution in [2.24, 2.45) is 0 Å². The lowest BCUT2D eigenvalue weighted by Gasteiger charge is -2.11. The summed E-state index contributed by atoms with van der Waals surface area (Å²) < 4.78 is 26.9. The van der Waals surface area contributed by atoms with E-state index >= 15 is 0 Å². The molecule has 22 heavy (non-hydrogen) atoms. The molecule has 0 bridgehead atoms. The molecule has 0 fully saturated rings. The van der Waals surface area contributed by atoms with Crippen LogP contribution in [0, 0.1) is 0 Å². The van der Waals surface area contributed by atoms with E-state index in [4.69, 9.17) is 0 Å². The van der Waals surface area contributed by atoms with Crippen LogP contribution in [0.2, 0.25) is 0 Å². The van der Waals surface area contributed by atoms with E-state index in [1.807, 2.05) is 0 Å². The predicted molar refractivity (Wildman–Crippen MR) is 82.7 cm³/mol. The molecule has 0 aliphatic carbocycles. The number of nitrogens with one attached hydrogen (secondary N) is 1. The predicted octanol–water partition coefficient (Wildman–Crippen LogP) is 1.26. The number of pyridine rings is 1. The second-order valence-electron chi connectivity index (χ2n) is 4.91. The number of carbonyl (C=O) groups is 1. The highest BCUT2D eigenvalue weighted by Gasteiger charge is 2.15. The van der Waals surface area contributed by atoms with Crippen LogP contribution < -0.4 is 4.72 Å². The summed E-state index contributed by atoms with van der Waals surface area (Å²) in [7, 11) is -0.341. The minimum Gasteiger partial charge on any atom is -0.345 e. The molecule has 0 aliphatic heterocycles. The standard InChI is InChI=1S/C15H17N3O3S/c1-18(2)15(19)13-5-7-14(8-6-13)22(20,21)17-11-12-4-3-9-16-10-12/h3-10,17H,11H2,1-2H3. The second kappa shape index (κ2) is 6.67. The molecule has 0 unspecified atom stereocenters. The van der Waals surface area contributed by atoms with Gasteiger partial charge < -0.3 is 4.90 Å². The van der Waals surface area contributed by atoms with Crippen LogP contribution in [0.5, 0.6) is 0 Å². The van der Waals surface area contributed by atoms with Gasteiger partial charge in [-0.2, -0.15) is 0 Å². The normalized spacial score (nSPS) is 11.2. The third kappa shape index (κ3) is 3.90. The summed E-state index contributed by atoms with van der Waals surface area (Å²) in [6, 6.07) is 9.37. The van der Waals surface area contributed by atoms with Crippen molar-refractivity contribution >= 4 is 15.9 Å². The van der Waals surface area contributed by atoms with Crippen molar-refractivity contribution in [2.75, 3.05) is 14.1 Å². The summed E-state index contributed by atoms with van der Waals surface area (Å²) in [5.74, 6) is -0.174. The fourth-order valence-corrected chi connectivity index (χ4v) is 2.82. The third-order valence-electron chi connectivity index (χ3n) is 3.01. The highest BCUT2D eigenvalue weighted by molar-refractivity contribution is 7.89. The van der Waals surface area contributed by atoms with Crippen molar-refractivity contribution < 1.29 is 13.2 Å². The molecule has 0 aliphatic rings. The van der Waals surface area contributed by atoms with Crippen molar-refractivity contribution in [1.29, 1.82) is 0 Å². The number of hydrogen-bond acceptors (Lipinski definition) is 4. The first-order valence-electron chi connectivity index (χ1n) is 6.60. The van der Waals surface area contributed by atoms with E-state index in [0.717, 1.165) is 5.56 Å². The van der Waals surface area contributed by atoms with E-state index in [1.165, 1.54) is 29.2 Å². The van der Waals surface area contributed by atoms with E-state index in [0.29, 0.717) is 5.56 Å². The van der Waals surface area contributed by atoms with Gasteiger partial charge in [0.2, 0.25) is 10.0 Å². The molecule has 1 aromatic heterocycles. The number of rotatable bonds is 5. The zero-order valence-corrected chi connectivity index (χ0v) is 13.2. The molecule has 0 spiro atoms. The Morgan fingerprint density at radius 2 is 1.86 bits per heavy atom. The smallest absolute Gasteiger partial charge is 0.253 e.